The number of nitrogens with zero attached hydrogens (tertiary/aromatic N) is 3. The molecule has 0 aliphatic heterocycles. The summed E-state index contributed by atoms with van der Waals surface area (Å²) in [5.74, 6) is 1.74. The number of hydrogen-bond donors (Lipinski definition) is 4. The van der Waals surface area contributed by atoms with E-state index in [4.69, 9.17) is 17.3 Å². The van der Waals surface area contributed by atoms with Crippen LogP contribution in [0.2, 0.25) is 0 Å². The molecule has 0 aromatic carbocycles. The third-order valence-electron chi connectivity index (χ3n) is 6.14. The second-order valence-corrected chi connectivity index (χ2v) is 9.72. The Morgan fingerprint density at radius 1 is 0.762 bits per heavy atom. The average molecular weight is 696 g/mol. The number of amides is 2. The van der Waals surface area contributed by atoms with Crippen molar-refractivity contribution >= 4 is 34.8 Å². The first-order valence-corrected chi connectivity index (χ1v) is 14.3. The molecule has 3 aromatic heterocycles. The van der Waals surface area contributed by atoms with Gasteiger partial charge in [0.15, 0.2) is 23.0 Å². The number of carbonyl (C=O) groups excluding carboxylic acids is 2. The van der Waals surface area contributed by atoms with Crippen molar-refractivity contribution in [2.45, 2.75) is 40.2 Å². The Morgan fingerprint density at radius 2 is 1.24 bits per heavy atom. The standard InChI is InChI=1S/C28H38IN7O6/c1-19(37)32-13-11-30-15-21-5-9-25(34-27(21)39-4)40-17-23-7-8-24(36(23)3)18-41-26-10-6-22(28(35-26)42-29)16-31-12-14-33-20(2)38/h5-10,30-31H,11-18H2,1-4H3,(H,32,37)(H,33,38). The normalized spacial score (nSPS) is 10.7. The highest BCUT2D eigenvalue weighted by atomic mass is 127. The Balaban J connectivity index is 1.49. The van der Waals surface area contributed by atoms with Crippen LogP contribution >= 0.6 is 23.0 Å². The number of hydrogen-bond acceptors (Lipinski definition) is 10. The molecule has 0 unspecified atom stereocenters. The van der Waals surface area contributed by atoms with Gasteiger partial charge in [0.2, 0.25) is 35.3 Å². The van der Waals surface area contributed by atoms with Gasteiger partial charge in [0.1, 0.15) is 13.2 Å². The third-order valence-corrected chi connectivity index (χ3v) is 6.56. The lowest BCUT2D eigenvalue weighted by Crippen LogP contribution is -2.30. The van der Waals surface area contributed by atoms with Gasteiger partial charge in [0, 0.05) is 83.4 Å². The average Bonchev–Trinajstić information content (AvgIpc) is 3.33. The van der Waals surface area contributed by atoms with E-state index in [1.165, 1.54) is 13.8 Å². The van der Waals surface area contributed by atoms with Crippen molar-refractivity contribution in [3.63, 3.8) is 0 Å². The summed E-state index contributed by atoms with van der Waals surface area (Å²) in [5, 5.41) is 12.0. The third kappa shape index (κ3) is 10.6. The molecule has 228 valence electrons. The Labute approximate surface area is 259 Å². The number of nitrogens with one attached hydrogen (secondary N) is 4. The van der Waals surface area contributed by atoms with Gasteiger partial charge >= 0.3 is 0 Å². The number of carbonyl (C=O) groups is 2. The van der Waals surface area contributed by atoms with Gasteiger partial charge in [-0.15, -0.1) is 0 Å². The number of pyridine rings is 2. The second-order valence-electron chi connectivity index (χ2n) is 9.28. The zero-order valence-corrected chi connectivity index (χ0v) is 26.4. The van der Waals surface area contributed by atoms with Crippen molar-refractivity contribution < 1.29 is 26.9 Å². The minimum atomic E-state index is -0.0565. The van der Waals surface area contributed by atoms with Crippen molar-refractivity contribution in [3.05, 3.63) is 58.9 Å². The van der Waals surface area contributed by atoms with Gasteiger partial charge in [-0.05, 0) is 24.3 Å². The Hall–Kier alpha value is -3.63. The smallest absolute Gasteiger partial charge is 0.232 e. The highest BCUT2D eigenvalue weighted by molar-refractivity contribution is 14.1. The number of rotatable bonds is 18. The van der Waals surface area contributed by atoms with Crippen molar-refractivity contribution in [1.29, 1.82) is 0 Å². The summed E-state index contributed by atoms with van der Waals surface area (Å²) in [6, 6.07) is 11.4. The Morgan fingerprint density at radius 3 is 1.69 bits per heavy atom. The molecule has 0 saturated carbocycles. The molecule has 3 heterocycles. The van der Waals surface area contributed by atoms with Crippen LogP contribution in [-0.4, -0.2) is 59.6 Å². The Kier molecular flexibility index (Phi) is 13.6. The lowest BCUT2D eigenvalue weighted by atomic mass is 10.2. The molecule has 0 fully saturated rings. The fourth-order valence-electron chi connectivity index (χ4n) is 3.86. The molecule has 42 heavy (non-hydrogen) atoms. The summed E-state index contributed by atoms with van der Waals surface area (Å²) in [6.45, 7) is 7.07. The summed E-state index contributed by atoms with van der Waals surface area (Å²) >= 11 is 1.80. The first kappa shape index (κ1) is 32.9. The molecule has 0 spiro atoms. The minimum Gasteiger partial charge on any atom is -0.481 e. The van der Waals surface area contributed by atoms with Crippen LogP contribution < -0.4 is 38.5 Å². The summed E-state index contributed by atoms with van der Waals surface area (Å²) in [4.78, 5) is 30.9. The van der Waals surface area contributed by atoms with Crippen LogP contribution in [0.3, 0.4) is 0 Å². The van der Waals surface area contributed by atoms with Crippen LogP contribution in [0.5, 0.6) is 23.5 Å². The highest BCUT2D eigenvalue weighted by Crippen LogP contribution is 2.23. The van der Waals surface area contributed by atoms with Gasteiger partial charge in [0.05, 0.1) is 18.5 Å². The van der Waals surface area contributed by atoms with Crippen LogP contribution in [0.4, 0.5) is 0 Å². The van der Waals surface area contributed by atoms with Gasteiger partial charge in [-0.2, -0.15) is 9.97 Å². The van der Waals surface area contributed by atoms with Gasteiger partial charge in [-0.1, -0.05) is 0 Å². The second kappa shape index (κ2) is 17.4. The summed E-state index contributed by atoms with van der Waals surface area (Å²) in [6.07, 6.45) is 0. The van der Waals surface area contributed by atoms with Crippen LogP contribution in [0.25, 0.3) is 0 Å². The van der Waals surface area contributed by atoms with Gasteiger partial charge in [-0.3, -0.25) is 9.59 Å². The van der Waals surface area contributed by atoms with E-state index < -0.39 is 0 Å². The van der Waals surface area contributed by atoms with Gasteiger partial charge < -0.3 is 43.1 Å². The predicted octanol–water partition coefficient (Wildman–Crippen LogP) is 2.16. The fraction of sp³-hybridized carbons (Fsp3) is 0.429. The van der Waals surface area contributed by atoms with E-state index >= 15 is 0 Å². The first-order chi connectivity index (χ1) is 20.3. The maximum atomic E-state index is 11.0. The maximum Gasteiger partial charge on any atom is 0.232 e. The zero-order valence-electron chi connectivity index (χ0n) is 24.3. The molecule has 0 atom stereocenters. The van der Waals surface area contributed by atoms with E-state index in [2.05, 4.69) is 31.2 Å². The molecule has 13 nitrogen and oxygen atoms in total. The van der Waals surface area contributed by atoms with E-state index in [0.717, 1.165) is 22.5 Å². The van der Waals surface area contributed by atoms with E-state index in [1.807, 2.05) is 35.9 Å². The zero-order chi connectivity index (χ0) is 30.3. The van der Waals surface area contributed by atoms with Crippen molar-refractivity contribution in [1.82, 2.24) is 35.8 Å². The quantitative estimate of drug-likeness (QED) is 0.115. The van der Waals surface area contributed by atoms with Crippen molar-refractivity contribution in [2.75, 3.05) is 33.3 Å². The number of methoxy groups -OCH3 is 1. The SMILES string of the molecule is COc1nc(OCc2ccc(COc3ccc(CNCCNC(C)=O)c(OI)n3)n2C)ccc1CNCCNC(C)=O. The lowest BCUT2D eigenvalue weighted by Gasteiger charge is -2.13. The van der Waals surface area contributed by atoms with Gasteiger partial charge in [-0.25, -0.2) is 0 Å². The van der Waals surface area contributed by atoms with Crippen molar-refractivity contribution in [3.8, 4) is 23.5 Å². The molecule has 3 rings (SSSR count). The molecule has 14 heteroatoms. The van der Waals surface area contributed by atoms with E-state index in [1.54, 1.807) is 42.2 Å². The molecule has 0 bridgehead atoms. The van der Waals surface area contributed by atoms with E-state index in [9.17, 15) is 9.59 Å². The van der Waals surface area contributed by atoms with Crippen LogP contribution in [0, 0.1) is 0 Å². The molecule has 0 saturated heterocycles. The molecule has 3 aromatic rings. The van der Waals surface area contributed by atoms with Crippen LogP contribution in [0.1, 0.15) is 36.4 Å². The summed E-state index contributed by atoms with van der Waals surface area (Å²) in [5.41, 5.74) is 3.67. The highest BCUT2D eigenvalue weighted by Gasteiger charge is 2.12. The fourth-order valence-corrected chi connectivity index (χ4v) is 4.25. The number of aromatic nitrogens is 3. The summed E-state index contributed by atoms with van der Waals surface area (Å²) < 4.78 is 24.7. The lowest BCUT2D eigenvalue weighted by molar-refractivity contribution is -0.119. The maximum absolute atomic E-state index is 11.0. The number of ether oxygens (including phenoxy) is 3. The van der Waals surface area contributed by atoms with Gasteiger partial charge in [0.25, 0.3) is 0 Å². The monoisotopic (exact) mass is 695 g/mol. The molecule has 0 aliphatic rings. The predicted molar refractivity (Wildman–Crippen MR) is 165 cm³/mol. The van der Waals surface area contributed by atoms with Crippen LogP contribution in [0.15, 0.2) is 36.4 Å². The molecule has 0 aliphatic carbocycles. The number of halogens is 1. The Bertz CT molecular complexity index is 1220. The molecule has 2 amide bonds. The molecular formula is C28H38IN7O6. The van der Waals surface area contributed by atoms with E-state index in [-0.39, 0.29) is 11.8 Å². The van der Waals surface area contributed by atoms with E-state index in [0.29, 0.717) is 76.0 Å². The topological polar surface area (TPSA) is 150 Å². The minimum absolute atomic E-state index is 0.0556. The largest absolute Gasteiger partial charge is 0.481 e. The summed E-state index contributed by atoms with van der Waals surface area (Å²) in [7, 11) is 3.52. The first-order valence-electron chi connectivity index (χ1n) is 13.4. The molecule has 4 N–H and O–H groups in total. The molecule has 0 radical (unpaired) electrons. The van der Waals surface area contributed by atoms with Crippen molar-refractivity contribution in [2.24, 2.45) is 7.05 Å². The molecular weight excluding hydrogens is 657 g/mol. The van der Waals surface area contributed by atoms with Crippen LogP contribution in [-0.2, 0) is 42.9 Å².